The second-order valence-electron chi connectivity index (χ2n) is 12.2. The van der Waals surface area contributed by atoms with Crippen LogP contribution in [0.5, 0.6) is 11.5 Å². The van der Waals surface area contributed by atoms with Gasteiger partial charge in [0, 0.05) is 12.6 Å². The first-order valence-electron chi connectivity index (χ1n) is 16.2. The van der Waals surface area contributed by atoms with E-state index in [2.05, 4.69) is 22.8 Å². The summed E-state index contributed by atoms with van der Waals surface area (Å²) in [5.74, 6) is -1.13. The van der Waals surface area contributed by atoms with Crippen molar-refractivity contribution < 1.29 is 44.2 Å². The van der Waals surface area contributed by atoms with Gasteiger partial charge in [-0.2, -0.15) is 0 Å². The third kappa shape index (κ3) is 8.54. The predicted octanol–water partition coefficient (Wildman–Crippen LogP) is 3.12. The molecule has 7 N–H and O–H groups in total. The zero-order chi connectivity index (χ0) is 35.0. The van der Waals surface area contributed by atoms with Gasteiger partial charge in [0.2, 0.25) is 6.29 Å². The van der Waals surface area contributed by atoms with Gasteiger partial charge in [-0.05, 0) is 80.7 Å². The number of fused-ring (bicyclic) bond motifs is 1. The number of aliphatic hydroxyl groups excluding tert-OH is 2. The van der Waals surface area contributed by atoms with Crippen LogP contribution in [-0.4, -0.2) is 88.4 Å². The van der Waals surface area contributed by atoms with E-state index in [1.807, 2.05) is 37.4 Å². The molecular formula is C37H42N2O10. The quantitative estimate of drug-likeness (QED) is 0.0914. The first-order valence-corrected chi connectivity index (χ1v) is 16.2. The Labute approximate surface area is 283 Å². The molecule has 12 heteroatoms. The highest BCUT2D eigenvalue weighted by Crippen LogP contribution is 2.33. The average molecular weight is 675 g/mol. The smallest absolute Gasteiger partial charge is 0.335 e. The van der Waals surface area contributed by atoms with E-state index >= 15 is 0 Å². The van der Waals surface area contributed by atoms with Gasteiger partial charge < -0.3 is 50.1 Å². The van der Waals surface area contributed by atoms with Gasteiger partial charge in [0.05, 0.1) is 10.9 Å². The number of ether oxygens (including phenoxy) is 2. The van der Waals surface area contributed by atoms with Gasteiger partial charge in [-0.3, -0.25) is 4.79 Å². The van der Waals surface area contributed by atoms with Gasteiger partial charge >= 0.3 is 5.97 Å². The van der Waals surface area contributed by atoms with Crippen LogP contribution in [0.15, 0.2) is 94.3 Å². The molecular weight excluding hydrogens is 632 g/mol. The molecule has 1 aromatic heterocycles. The Balaban J connectivity index is 1.30. The number of aliphatic carboxylic acids is 1. The molecule has 3 aromatic carbocycles. The Morgan fingerprint density at radius 1 is 1.04 bits per heavy atom. The minimum atomic E-state index is -2.27. The number of aromatic hydroxyl groups is 1. The molecule has 49 heavy (non-hydrogen) atoms. The number of aliphatic hydroxyl groups is 3. The molecule has 0 unspecified atom stereocenters. The van der Waals surface area contributed by atoms with Crippen molar-refractivity contribution in [2.45, 2.75) is 49.5 Å². The van der Waals surface area contributed by atoms with Crippen LogP contribution in [0.4, 0.5) is 0 Å². The van der Waals surface area contributed by atoms with Crippen molar-refractivity contribution >= 4 is 23.0 Å². The van der Waals surface area contributed by atoms with Crippen molar-refractivity contribution in [3.8, 4) is 22.6 Å². The van der Waals surface area contributed by atoms with Crippen LogP contribution in [0, 0.1) is 5.92 Å². The molecule has 12 nitrogen and oxygen atoms in total. The van der Waals surface area contributed by atoms with Crippen molar-refractivity contribution in [2.75, 3.05) is 26.7 Å². The summed E-state index contributed by atoms with van der Waals surface area (Å²) in [6.45, 7) is 0.973. The number of carboxylic acids is 1. The number of allylic oxidation sites excluding steroid dienone is 1. The number of carbonyl (C=O) groups is 1. The molecule has 1 fully saturated rings. The third-order valence-electron chi connectivity index (χ3n) is 8.75. The van der Waals surface area contributed by atoms with Gasteiger partial charge in [0.1, 0.15) is 35.6 Å². The first-order chi connectivity index (χ1) is 23.6. The van der Waals surface area contributed by atoms with Crippen LogP contribution in [0.1, 0.15) is 24.8 Å². The Hall–Kier alpha value is -4.56. The maximum Gasteiger partial charge on any atom is 0.335 e. The Morgan fingerprint density at radius 2 is 1.78 bits per heavy atom. The lowest BCUT2D eigenvalue weighted by Crippen LogP contribution is -2.71. The number of hydrogen-bond acceptors (Lipinski definition) is 11. The van der Waals surface area contributed by atoms with E-state index in [1.165, 1.54) is 36.6 Å². The SMILES string of the molecule is CNCC[C@@H](C/C=C/c1ccccc1)CCNC[C@]1(O)[C@H](Oc2ccc3c(=O)c(-c4ccc(O)cc4)coc3c2)O[C@H](C(=O)O)[C@@H](O)[C@@H]1O. The first kappa shape index (κ1) is 35.7. The fraction of sp³-hybridized carbons (Fsp3) is 0.351. The zero-order valence-corrected chi connectivity index (χ0v) is 27.1. The van der Waals surface area contributed by atoms with E-state index in [1.54, 1.807) is 12.1 Å². The van der Waals surface area contributed by atoms with E-state index in [9.17, 15) is 35.1 Å². The topological polar surface area (TPSA) is 191 Å². The molecule has 5 rings (SSSR count). The molecule has 0 radical (unpaired) electrons. The monoisotopic (exact) mass is 674 g/mol. The zero-order valence-electron chi connectivity index (χ0n) is 27.1. The maximum atomic E-state index is 13.2. The van der Waals surface area contributed by atoms with Crippen LogP contribution in [0.3, 0.4) is 0 Å². The van der Waals surface area contributed by atoms with E-state index < -0.39 is 36.2 Å². The minimum Gasteiger partial charge on any atom is -0.508 e. The van der Waals surface area contributed by atoms with Crippen LogP contribution in [0.2, 0.25) is 0 Å². The third-order valence-corrected chi connectivity index (χ3v) is 8.75. The van der Waals surface area contributed by atoms with Crippen molar-refractivity contribution in [1.29, 1.82) is 0 Å². The average Bonchev–Trinajstić information content (AvgIpc) is 3.10. The van der Waals surface area contributed by atoms with Crippen molar-refractivity contribution in [2.24, 2.45) is 5.92 Å². The molecule has 260 valence electrons. The van der Waals surface area contributed by atoms with Gasteiger partial charge in [0.25, 0.3) is 0 Å². The summed E-state index contributed by atoms with van der Waals surface area (Å²) < 4.78 is 17.2. The number of hydrogen-bond donors (Lipinski definition) is 7. The fourth-order valence-electron chi connectivity index (χ4n) is 5.88. The largest absolute Gasteiger partial charge is 0.508 e. The standard InChI is InChI=1S/C37H42N2O10/c1-38-18-16-24(9-5-8-23-6-3-2-4-7-23)17-19-39-22-37(46)34(43)32(42)33(35(44)45)49-36(37)48-27-14-15-28-30(20-27)47-21-29(31(28)41)25-10-12-26(40)13-11-25/h2-8,10-15,20-21,24,32-34,36,38-40,42-43,46H,9,16-19,22H2,1H3,(H,44,45)/b8-5+/t24-,32-,33+,34+,36-,37-/m1/s1. The van der Waals surface area contributed by atoms with Crippen LogP contribution >= 0.6 is 0 Å². The van der Waals surface area contributed by atoms with E-state index in [0.29, 0.717) is 18.0 Å². The molecule has 0 saturated carbocycles. The van der Waals surface area contributed by atoms with E-state index in [4.69, 9.17) is 13.9 Å². The van der Waals surface area contributed by atoms with Gasteiger partial charge in [-0.1, -0.05) is 54.6 Å². The Morgan fingerprint density at radius 3 is 2.49 bits per heavy atom. The highest BCUT2D eigenvalue weighted by atomic mass is 16.7. The van der Waals surface area contributed by atoms with Crippen LogP contribution in [0.25, 0.3) is 28.2 Å². The van der Waals surface area contributed by atoms with Crippen molar-refractivity contribution in [1.82, 2.24) is 10.6 Å². The number of phenolic OH excluding ortho intramolecular Hbond substituents is 1. The number of benzene rings is 3. The van der Waals surface area contributed by atoms with Gasteiger partial charge in [-0.25, -0.2) is 4.79 Å². The second kappa shape index (κ2) is 16.2. The summed E-state index contributed by atoms with van der Waals surface area (Å²) in [7, 11) is 1.89. The van der Waals surface area contributed by atoms with Gasteiger partial charge in [0.15, 0.2) is 17.1 Å². The molecule has 2 heterocycles. The fourth-order valence-corrected chi connectivity index (χ4v) is 5.88. The van der Waals surface area contributed by atoms with Crippen LogP contribution < -0.4 is 20.8 Å². The molecule has 0 amide bonds. The number of carboxylic acid groups (broad SMARTS) is 1. The number of rotatable bonds is 15. The molecule has 0 spiro atoms. The Bertz CT molecular complexity index is 1780. The van der Waals surface area contributed by atoms with E-state index in [-0.39, 0.29) is 40.0 Å². The maximum absolute atomic E-state index is 13.2. The second-order valence-corrected chi connectivity index (χ2v) is 12.2. The lowest BCUT2D eigenvalue weighted by atomic mass is 9.86. The molecule has 4 aromatic rings. The van der Waals surface area contributed by atoms with Gasteiger partial charge in [-0.15, -0.1) is 0 Å². The van der Waals surface area contributed by atoms with Crippen molar-refractivity contribution in [3.05, 3.63) is 101 Å². The summed E-state index contributed by atoms with van der Waals surface area (Å²) in [6.07, 6.45) is 0.461. The molecule has 1 aliphatic rings. The summed E-state index contributed by atoms with van der Waals surface area (Å²) >= 11 is 0. The summed E-state index contributed by atoms with van der Waals surface area (Å²) in [6, 6.07) is 20.4. The lowest BCUT2D eigenvalue weighted by molar-refractivity contribution is -0.311. The summed E-state index contributed by atoms with van der Waals surface area (Å²) in [4.78, 5) is 25.1. The van der Waals surface area contributed by atoms with Crippen molar-refractivity contribution in [3.63, 3.8) is 0 Å². The molecule has 1 aliphatic heterocycles. The highest BCUT2D eigenvalue weighted by molar-refractivity contribution is 5.82. The molecule has 6 atom stereocenters. The molecule has 0 aliphatic carbocycles. The van der Waals surface area contributed by atoms with Crippen LogP contribution in [-0.2, 0) is 9.53 Å². The Kier molecular flexibility index (Phi) is 11.8. The number of nitrogens with one attached hydrogen (secondary N) is 2. The van der Waals surface area contributed by atoms with E-state index in [0.717, 1.165) is 31.4 Å². The summed E-state index contributed by atoms with van der Waals surface area (Å²) in [5.41, 5.74) is -0.520. The molecule has 0 bridgehead atoms. The number of phenols is 1. The molecule has 1 saturated heterocycles. The minimum absolute atomic E-state index is 0.0549. The highest BCUT2D eigenvalue weighted by Gasteiger charge is 2.58. The predicted molar refractivity (Wildman–Crippen MR) is 183 cm³/mol. The summed E-state index contributed by atoms with van der Waals surface area (Å²) in [5, 5.41) is 59.1. The lowest BCUT2D eigenvalue weighted by Gasteiger charge is -2.46. The normalized spacial score (nSPS) is 23.1.